The summed E-state index contributed by atoms with van der Waals surface area (Å²) in [6.45, 7) is 2.13. The van der Waals surface area contributed by atoms with Crippen LogP contribution in [0.4, 0.5) is 4.39 Å². The van der Waals surface area contributed by atoms with E-state index in [2.05, 4.69) is 15.4 Å². The van der Waals surface area contributed by atoms with Crippen LogP contribution in [0.25, 0.3) is 0 Å². The standard InChI is InChI=1S/C23H27ClFN3O4/c1-30-20-12-22(32-3)21(31-2)10-17(20)13-26-27-23(29)15-6-8-28(9-7-15)14-16-4-5-18(25)11-19(16)24/h4-5,10-13,15H,6-9,14H2,1-3H3,(H,27,29)/b26-13+. The van der Waals surface area contributed by atoms with Gasteiger partial charge in [0.15, 0.2) is 11.5 Å². The third-order valence-electron chi connectivity index (χ3n) is 5.48. The van der Waals surface area contributed by atoms with Gasteiger partial charge in [-0.2, -0.15) is 5.10 Å². The molecule has 1 amide bonds. The van der Waals surface area contributed by atoms with Gasteiger partial charge in [0.05, 0.1) is 27.5 Å². The fourth-order valence-corrected chi connectivity index (χ4v) is 3.88. The Kier molecular flexibility index (Phi) is 8.30. The number of hydrogen-bond acceptors (Lipinski definition) is 6. The number of likely N-dealkylation sites (tertiary alicyclic amines) is 1. The minimum Gasteiger partial charge on any atom is -0.496 e. The van der Waals surface area contributed by atoms with Crippen LogP contribution in [-0.4, -0.2) is 51.4 Å². The van der Waals surface area contributed by atoms with Gasteiger partial charge in [0.2, 0.25) is 5.91 Å². The van der Waals surface area contributed by atoms with Gasteiger partial charge < -0.3 is 14.2 Å². The predicted octanol–water partition coefficient (Wildman–Crippen LogP) is 3.87. The van der Waals surface area contributed by atoms with Crippen molar-refractivity contribution in [3.05, 3.63) is 52.3 Å². The highest BCUT2D eigenvalue weighted by molar-refractivity contribution is 6.31. The van der Waals surface area contributed by atoms with Gasteiger partial charge in [-0.05, 0) is 49.7 Å². The Morgan fingerprint density at radius 3 is 2.41 bits per heavy atom. The molecule has 2 aromatic rings. The molecule has 1 heterocycles. The first kappa shape index (κ1) is 23.8. The number of nitrogens with one attached hydrogen (secondary N) is 1. The molecule has 0 spiro atoms. The number of halogens is 2. The van der Waals surface area contributed by atoms with E-state index < -0.39 is 0 Å². The van der Waals surface area contributed by atoms with Crippen LogP contribution < -0.4 is 19.6 Å². The van der Waals surface area contributed by atoms with Crippen LogP contribution in [0, 0.1) is 11.7 Å². The number of ether oxygens (including phenoxy) is 3. The molecule has 1 saturated heterocycles. The molecule has 0 bridgehead atoms. The average Bonchev–Trinajstić information content (AvgIpc) is 2.80. The summed E-state index contributed by atoms with van der Waals surface area (Å²) >= 11 is 6.12. The molecule has 2 aromatic carbocycles. The van der Waals surface area contributed by atoms with Crippen LogP contribution in [0.1, 0.15) is 24.0 Å². The van der Waals surface area contributed by atoms with E-state index in [1.807, 2.05) is 0 Å². The molecule has 0 atom stereocenters. The molecule has 0 unspecified atom stereocenters. The van der Waals surface area contributed by atoms with E-state index in [9.17, 15) is 9.18 Å². The fourth-order valence-electron chi connectivity index (χ4n) is 3.65. The Hall–Kier alpha value is -2.84. The summed E-state index contributed by atoms with van der Waals surface area (Å²) in [5.41, 5.74) is 4.15. The minimum atomic E-state index is -0.347. The molecule has 0 aliphatic carbocycles. The van der Waals surface area contributed by atoms with Crippen LogP contribution >= 0.6 is 11.6 Å². The van der Waals surface area contributed by atoms with Gasteiger partial charge in [0.25, 0.3) is 0 Å². The van der Waals surface area contributed by atoms with E-state index in [4.69, 9.17) is 25.8 Å². The molecule has 0 radical (unpaired) electrons. The number of carbonyl (C=O) groups is 1. The molecule has 32 heavy (non-hydrogen) atoms. The minimum absolute atomic E-state index is 0.125. The number of hydrazone groups is 1. The first-order valence-corrected chi connectivity index (χ1v) is 10.6. The number of rotatable bonds is 8. The van der Waals surface area contributed by atoms with Crippen molar-refractivity contribution >= 4 is 23.7 Å². The molecule has 1 N–H and O–H groups in total. The molecule has 9 heteroatoms. The fraction of sp³-hybridized carbons (Fsp3) is 0.391. The van der Waals surface area contributed by atoms with E-state index in [1.54, 1.807) is 39.5 Å². The summed E-state index contributed by atoms with van der Waals surface area (Å²) in [6, 6.07) is 7.86. The van der Waals surface area contributed by atoms with E-state index >= 15 is 0 Å². The van der Waals surface area contributed by atoms with E-state index in [0.717, 1.165) is 18.7 Å². The SMILES string of the molecule is COc1cc(OC)c(OC)cc1/C=N/NC(=O)C1CCN(Cc2ccc(F)cc2Cl)CC1. The Bertz CT molecular complexity index is 978. The summed E-state index contributed by atoms with van der Waals surface area (Å²) in [6.07, 6.45) is 2.93. The lowest BCUT2D eigenvalue weighted by Crippen LogP contribution is -2.39. The number of hydrogen-bond donors (Lipinski definition) is 1. The summed E-state index contributed by atoms with van der Waals surface area (Å²) in [5, 5.41) is 4.52. The second kappa shape index (κ2) is 11.2. The molecule has 3 rings (SSSR count). The van der Waals surface area contributed by atoms with Crippen molar-refractivity contribution in [1.29, 1.82) is 0 Å². The van der Waals surface area contributed by atoms with Gasteiger partial charge in [-0.3, -0.25) is 9.69 Å². The summed E-state index contributed by atoms with van der Waals surface area (Å²) in [4.78, 5) is 14.7. The summed E-state index contributed by atoms with van der Waals surface area (Å²) in [5.74, 6) is 1.03. The van der Waals surface area contributed by atoms with E-state index in [1.165, 1.54) is 18.3 Å². The van der Waals surface area contributed by atoms with E-state index in [0.29, 0.717) is 47.2 Å². The lowest BCUT2D eigenvalue weighted by molar-refractivity contribution is -0.126. The Labute approximate surface area is 192 Å². The van der Waals surface area contributed by atoms with Crippen molar-refractivity contribution < 1.29 is 23.4 Å². The zero-order valence-corrected chi connectivity index (χ0v) is 19.1. The highest BCUT2D eigenvalue weighted by Gasteiger charge is 2.25. The third kappa shape index (κ3) is 5.89. The molecular formula is C23H27ClFN3O4. The van der Waals surface area contributed by atoms with Crippen LogP contribution in [0.3, 0.4) is 0 Å². The maximum atomic E-state index is 13.2. The van der Waals surface area contributed by atoms with Gasteiger partial charge in [-0.1, -0.05) is 17.7 Å². The van der Waals surface area contributed by atoms with Crippen molar-refractivity contribution in [3.63, 3.8) is 0 Å². The largest absolute Gasteiger partial charge is 0.496 e. The monoisotopic (exact) mass is 463 g/mol. The van der Waals surface area contributed by atoms with Crippen LogP contribution in [0.5, 0.6) is 17.2 Å². The number of nitrogens with zero attached hydrogens (tertiary/aromatic N) is 2. The Morgan fingerprint density at radius 1 is 1.12 bits per heavy atom. The second-order valence-corrected chi connectivity index (χ2v) is 7.88. The van der Waals surface area contributed by atoms with Crippen molar-refractivity contribution in [1.82, 2.24) is 10.3 Å². The molecule has 172 valence electrons. The van der Waals surface area contributed by atoms with Crippen molar-refractivity contribution in [2.75, 3.05) is 34.4 Å². The van der Waals surface area contributed by atoms with Crippen molar-refractivity contribution in [3.8, 4) is 17.2 Å². The quantitative estimate of drug-likeness (QED) is 0.475. The van der Waals surface area contributed by atoms with Crippen molar-refractivity contribution in [2.24, 2.45) is 11.0 Å². The Morgan fingerprint density at radius 2 is 1.78 bits per heavy atom. The average molecular weight is 464 g/mol. The highest BCUT2D eigenvalue weighted by atomic mass is 35.5. The second-order valence-electron chi connectivity index (χ2n) is 7.47. The molecule has 0 aromatic heterocycles. The van der Waals surface area contributed by atoms with Gasteiger partial charge in [0, 0.05) is 29.1 Å². The lowest BCUT2D eigenvalue weighted by atomic mass is 9.96. The van der Waals surface area contributed by atoms with Gasteiger partial charge >= 0.3 is 0 Å². The normalized spacial score (nSPS) is 15.0. The van der Waals surface area contributed by atoms with Gasteiger partial charge in [0.1, 0.15) is 11.6 Å². The molecule has 7 nitrogen and oxygen atoms in total. The molecule has 1 aliphatic heterocycles. The van der Waals surface area contributed by atoms with Gasteiger partial charge in [-0.25, -0.2) is 9.82 Å². The van der Waals surface area contributed by atoms with Crippen LogP contribution in [-0.2, 0) is 11.3 Å². The summed E-state index contributed by atoms with van der Waals surface area (Å²) < 4.78 is 29.1. The summed E-state index contributed by atoms with van der Waals surface area (Å²) in [7, 11) is 4.64. The lowest BCUT2D eigenvalue weighted by Gasteiger charge is -2.31. The van der Waals surface area contributed by atoms with Crippen LogP contribution in [0.15, 0.2) is 35.4 Å². The number of methoxy groups -OCH3 is 3. The zero-order valence-electron chi connectivity index (χ0n) is 18.4. The Balaban J connectivity index is 1.53. The topological polar surface area (TPSA) is 72.4 Å². The number of benzene rings is 2. The number of amides is 1. The number of piperidine rings is 1. The third-order valence-corrected chi connectivity index (χ3v) is 5.83. The molecule has 1 aliphatic rings. The zero-order chi connectivity index (χ0) is 23.1. The van der Waals surface area contributed by atoms with Crippen molar-refractivity contribution in [2.45, 2.75) is 19.4 Å². The van der Waals surface area contributed by atoms with E-state index in [-0.39, 0.29) is 17.6 Å². The smallest absolute Gasteiger partial charge is 0.243 e. The maximum absolute atomic E-state index is 13.2. The molecule has 1 fully saturated rings. The first-order valence-electron chi connectivity index (χ1n) is 10.2. The molecule has 0 saturated carbocycles. The van der Waals surface area contributed by atoms with Gasteiger partial charge in [-0.15, -0.1) is 0 Å². The predicted molar refractivity (Wildman–Crippen MR) is 121 cm³/mol. The maximum Gasteiger partial charge on any atom is 0.243 e. The number of carbonyl (C=O) groups excluding carboxylic acids is 1. The first-order chi connectivity index (χ1) is 15.4. The molecular weight excluding hydrogens is 437 g/mol. The van der Waals surface area contributed by atoms with Crippen LogP contribution in [0.2, 0.25) is 5.02 Å². The highest BCUT2D eigenvalue weighted by Crippen LogP contribution is 2.33.